The van der Waals surface area contributed by atoms with Gasteiger partial charge in [0.1, 0.15) is 16.2 Å². The summed E-state index contributed by atoms with van der Waals surface area (Å²) in [4.78, 5) is 12.2. The first kappa shape index (κ1) is 26.0. The standard InChI is InChI=1S/C21H28F3N3O4S/c1-7-31-17(28)11-15(26-32(29)20(3,4)5)14-12-27(25-19(14)21(22,23)24)18-13(2)9-8-10-16(18)30-6/h8-10,12,15,26H,7,11H2,1-6H3/t15-,32?/m0/s1. The third kappa shape index (κ3) is 6.17. The number of hydrogen-bond donors (Lipinski definition) is 1. The number of aromatic nitrogens is 2. The molecule has 0 aliphatic carbocycles. The normalized spacial score (nSPS) is 14.2. The van der Waals surface area contributed by atoms with E-state index in [0.29, 0.717) is 17.0 Å². The Morgan fingerprint density at radius 2 is 1.97 bits per heavy atom. The molecular formula is C21H28F3N3O4S. The van der Waals surface area contributed by atoms with Crippen molar-refractivity contribution in [3.05, 3.63) is 41.2 Å². The summed E-state index contributed by atoms with van der Waals surface area (Å²) in [5.74, 6) is -0.383. The minimum atomic E-state index is -4.81. The number of alkyl halides is 3. The smallest absolute Gasteiger partial charge is 0.435 e. The van der Waals surface area contributed by atoms with Gasteiger partial charge in [-0.15, -0.1) is 4.72 Å². The zero-order valence-electron chi connectivity index (χ0n) is 18.9. The maximum Gasteiger partial charge on any atom is 0.435 e. The Morgan fingerprint density at radius 1 is 1.31 bits per heavy atom. The van der Waals surface area contributed by atoms with Gasteiger partial charge in [0.05, 0.1) is 26.2 Å². The van der Waals surface area contributed by atoms with Crippen molar-refractivity contribution >= 4 is 17.3 Å². The molecule has 0 saturated carbocycles. The molecule has 1 heterocycles. The predicted octanol–water partition coefficient (Wildman–Crippen LogP) is 4.25. The molecule has 2 atom stereocenters. The number of halogens is 3. The summed E-state index contributed by atoms with van der Waals surface area (Å²) in [6, 6.07) is 3.80. The second-order valence-electron chi connectivity index (χ2n) is 8.06. The van der Waals surface area contributed by atoms with Gasteiger partial charge in [0.15, 0.2) is 5.69 Å². The van der Waals surface area contributed by atoms with Crippen molar-refractivity contribution < 1.29 is 32.0 Å². The number of nitrogens with one attached hydrogen (secondary N) is 1. The molecule has 0 spiro atoms. The van der Waals surface area contributed by atoms with E-state index in [1.165, 1.54) is 13.3 Å². The largest absolute Gasteiger partial charge is 0.598 e. The first-order valence-electron chi connectivity index (χ1n) is 9.94. The highest BCUT2D eigenvalue weighted by molar-refractivity contribution is 7.90. The van der Waals surface area contributed by atoms with Gasteiger partial charge in [0.2, 0.25) is 0 Å². The number of benzene rings is 1. The molecule has 0 fully saturated rings. The van der Waals surface area contributed by atoms with Crippen molar-refractivity contribution in [3.63, 3.8) is 0 Å². The second-order valence-corrected chi connectivity index (χ2v) is 10.1. The topological polar surface area (TPSA) is 88.4 Å². The highest BCUT2D eigenvalue weighted by Gasteiger charge is 2.42. The fourth-order valence-electron chi connectivity index (χ4n) is 2.98. The van der Waals surface area contributed by atoms with E-state index in [2.05, 4.69) is 9.82 Å². The Balaban J connectivity index is 2.65. The molecule has 0 aliphatic heterocycles. The van der Waals surface area contributed by atoms with Crippen LogP contribution in [0.1, 0.15) is 57.0 Å². The summed E-state index contributed by atoms with van der Waals surface area (Å²) in [5.41, 5.74) is -0.525. The number of aryl methyl sites for hydroxylation is 1. The second kappa shape index (κ2) is 10.1. The van der Waals surface area contributed by atoms with Crippen LogP contribution in [0, 0.1) is 6.92 Å². The number of carbonyl (C=O) groups excluding carboxylic acids is 1. The summed E-state index contributed by atoms with van der Waals surface area (Å²) in [7, 11) is 1.41. The molecule has 0 amide bonds. The lowest BCUT2D eigenvalue weighted by molar-refractivity contribution is -0.145. The Labute approximate surface area is 188 Å². The first-order chi connectivity index (χ1) is 14.8. The summed E-state index contributed by atoms with van der Waals surface area (Å²) in [5, 5.41) is 3.79. The molecule has 0 bridgehead atoms. The van der Waals surface area contributed by atoms with Crippen molar-refractivity contribution in [2.75, 3.05) is 13.7 Å². The van der Waals surface area contributed by atoms with Gasteiger partial charge in [-0.2, -0.15) is 18.3 Å². The van der Waals surface area contributed by atoms with Crippen LogP contribution in [0.15, 0.2) is 24.4 Å². The Hall–Kier alpha value is -2.24. The lowest BCUT2D eigenvalue weighted by Crippen LogP contribution is -2.42. The van der Waals surface area contributed by atoms with Gasteiger partial charge < -0.3 is 14.0 Å². The summed E-state index contributed by atoms with van der Waals surface area (Å²) in [6.07, 6.45) is -4.08. The van der Waals surface area contributed by atoms with Gasteiger partial charge in [0, 0.05) is 23.1 Å². The van der Waals surface area contributed by atoms with Gasteiger partial charge in [0.25, 0.3) is 0 Å². The summed E-state index contributed by atoms with van der Waals surface area (Å²) >= 11 is -1.76. The van der Waals surface area contributed by atoms with Crippen molar-refractivity contribution in [3.8, 4) is 11.4 Å². The minimum Gasteiger partial charge on any atom is -0.598 e. The number of ether oxygens (including phenoxy) is 2. The van der Waals surface area contributed by atoms with E-state index in [4.69, 9.17) is 9.47 Å². The molecule has 32 heavy (non-hydrogen) atoms. The third-order valence-electron chi connectivity index (χ3n) is 4.52. The molecule has 11 heteroatoms. The number of methoxy groups -OCH3 is 1. The third-order valence-corrected chi connectivity index (χ3v) is 6.13. The number of nitrogens with zero attached hydrogens (tertiary/aromatic N) is 2. The highest BCUT2D eigenvalue weighted by atomic mass is 32.2. The molecule has 1 unspecified atom stereocenters. The number of hydrogen-bond acceptors (Lipinski definition) is 6. The van der Waals surface area contributed by atoms with E-state index in [-0.39, 0.29) is 12.2 Å². The van der Waals surface area contributed by atoms with Gasteiger partial charge in [-0.1, -0.05) is 12.1 Å². The molecule has 2 aromatic rings. The van der Waals surface area contributed by atoms with Crippen LogP contribution in [0.4, 0.5) is 13.2 Å². The zero-order valence-corrected chi connectivity index (χ0v) is 19.7. The van der Waals surface area contributed by atoms with E-state index in [0.717, 1.165) is 4.68 Å². The maximum absolute atomic E-state index is 14.0. The Bertz CT molecular complexity index is 941. The molecule has 2 rings (SSSR count). The van der Waals surface area contributed by atoms with Crippen molar-refractivity contribution in [2.45, 2.75) is 58.0 Å². The molecule has 0 aliphatic rings. The van der Waals surface area contributed by atoms with E-state index in [9.17, 15) is 22.5 Å². The molecular weight excluding hydrogens is 447 g/mol. The summed E-state index contributed by atoms with van der Waals surface area (Å²) < 4.78 is 67.7. The fraction of sp³-hybridized carbons (Fsp3) is 0.524. The Morgan fingerprint density at radius 3 is 2.50 bits per heavy atom. The van der Waals surface area contributed by atoms with E-state index < -0.39 is 46.4 Å². The number of carbonyl (C=O) groups is 1. The van der Waals surface area contributed by atoms with Gasteiger partial charge in [-0.05, 0) is 46.2 Å². The number of rotatable bonds is 8. The average Bonchev–Trinajstić information content (AvgIpc) is 3.12. The van der Waals surface area contributed by atoms with E-state index in [1.807, 2.05) is 0 Å². The molecule has 7 nitrogen and oxygen atoms in total. The molecule has 0 radical (unpaired) electrons. The van der Waals surface area contributed by atoms with Crippen LogP contribution >= 0.6 is 0 Å². The summed E-state index contributed by atoms with van der Waals surface area (Å²) in [6.45, 7) is 8.39. The fourth-order valence-corrected chi connectivity index (χ4v) is 3.80. The predicted molar refractivity (Wildman–Crippen MR) is 115 cm³/mol. The Kier molecular flexibility index (Phi) is 8.24. The van der Waals surface area contributed by atoms with E-state index in [1.54, 1.807) is 52.8 Å². The highest BCUT2D eigenvalue weighted by Crippen LogP contribution is 2.37. The van der Waals surface area contributed by atoms with E-state index >= 15 is 0 Å². The van der Waals surface area contributed by atoms with Gasteiger partial charge in [-0.3, -0.25) is 4.79 Å². The van der Waals surface area contributed by atoms with Crippen LogP contribution in [-0.2, 0) is 27.1 Å². The monoisotopic (exact) mass is 475 g/mol. The van der Waals surface area contributed by atoms with Crippen molar-refractivity contribution in [2.24, 2.45) is 0 Å². The molecule has 1 aromatic heterocycles. The maximum atomic E-state index is 14.0. The number of para-hydroxylation sites is 1. The molecule has 0 saturated heterocycles. The van der Waals surface area contributed by atoms with Crippen LogP contribution in [-0.4, -0.2) is 38.8 Å². The van der Waals surface area contributed by atoms with Crippen molar-refractivity contribution in [1.29, 1.82) is 0 Å². The van der Waals surface area contributed by atoms with Gasteiger partial charge >= 0.3 is 12.1 Å². The van der Waals surface area contributed by atoms with Crippen molar-refractivity contribution in [1.82, 2.24) is 14.5 Å². The molecule has 178 valence electrons. The van der Waals surface area contributed by atoms with Gasteiger partial charge in [-0.25, -0.2) is 4.68 Å². The zero-order chi connectivity index (χ0) is 24.3. The van der Waals surface area contributed by atoms with Crippen LogP contribution in [0.3, 0.4) is 0 Å². The lowest BCUT2D eigenvalue weighted by Gasteiger charge is -2.27. The molecule has 1 N–H and O–H groups in total. The molecule has 1 aromatic carbocycles. The average molecular weight is 476 g/mol. The first-order valence-corrected chi connectivity index (χ1v) is 11.1. The van der Waals surface area contributed by atoms with Crippen LogP contribution in [0.25, 0.3) is 5.69 Å². The quantitative estimate of drug-likeness (QED) is 0.454. The van der Waals surface area contributed by atoms with Crippen LogP contribution in [0.2, 0.25) is 0 Å². The van der Waals surface area contributed by atoms with Crippen LogP contribution < -0.4 is 9.46 Å². The SMILES string of the molecule is CCOC(=O)C[C@H](N[S+]([O-])C(C)(C)C)c1cn(-c2c(C)cccc2OC)nc1C(F)(F)F. The lowest BCUT2D eigenvalue weighted by atomic mass is 10.1. The van der Waals surface area contributed by atoms with Crippen LogP contribution in [0.5, 0.6) is 5.75 Å². The minimum absolute atomic E-state index is 0.0692. The number of esters is 1.